The molecule has 0 aliphatic heterocycles. The molecule has 0 spiro atoms. The monoisotopic (exact) mass is 222 g/mol. The largest absolute Gasteiger partial charge is 0.0622 e. The number of benzene rings is 2. The van der Waals surface area contributed by atoms with Crippen LogP contribution >= 0.6 is 0 Å². The summed E-state index contributed by atoms with van der Waals surface area (Å²) in [5, 5.41) is 0. The van der Waals surface area contributed by atoms with Crippen LogP contribution in [0.1, 0.15) is 30.0 Å². The van der Waals surface area contributed by atoms with Crippen LogP contribution in [-0.4, -0.2) is 0 Å². The number of rotatable bonds is 3. The third-order valence-corrected chi connectivity index (χ3v) is 2.94. The first kappa shape index (κ1) is 11.7. The lowest BCUT2D eigenvalue weighted by atomic mass is 10.0. The summed E-state index contributed by atoms with van der Waals surface area (Å²) in [6.45, 7) is 4.32. The molecule has 2 aromatic rings. The van der Waals surface area contributed by atoms with Crippen molar-refractivity contribution in [1.29, 1.82) is 0 Å². The SMILES string of the molecule is CC/C(=C\c1ccc(C)cc1)c1ccccc1. The Kier molecular flexibility index (Phi) is 3.77. The molecule has 17 heavy (non-hydrogen) atoms. The van der Waals surface area contributed by atoms with E-state index in [9.17, 15) is 0 Å². The van der Waals surface area contributed by atoms with Crippen molar-refractivity contribution in [1.82, 2.24) is 0 Å². The molecule has 0 nitrogen and oxygen atoms in total. The Bertz CT molecular complexity index is 489. The van der Waals surface area contributed by atoms with Crippen molar-refractivity contribution in [3.63, 3.8) is 0 Å². The highest BCUT2D eigenvalue weighted by molar-refractivity contribution is 5.81. The molecule has 86 valence electrons. The van der Waals surface area contributed by atoms with Gasteiger partial charge in [-0.3, -0.25) is 0 Å². The molecule has 0 fully saturated rings. The van der Waals surface area contributed by atoms with E-state index in [2.05, 4.69) is 74.5 Å². The van der Waals surface area contributed by atoms with Gasteiger partial charge in [0, 0.05) is 0 Å². The van der Waals surface area contributed by atoms with E-state index in [1.54, 1.807) is 0 Å². The van der Waals surface area contributed by atoms with Gasteiger partial charge in [0.15, 0.2) is 0 Å². The molecule has 0 bridgehead atoms. The third-order valence-electron chi connectivity index (χ3n) is 2.94. The summed E-state index contributed by atoms with van der Waals surface area (Å²) in [5.41, 5.74) is 5.28. The molecular weight excluding hydrogens is 204 g/mol. The van der Waals surface area contributed by atoms with Crippen LogP contribution in [0.25, 0.3) is 11.6 Å². The number of hydrogen-bond acceptors (Lipinski definition) is 0. The highest BCUT2D eigenvalue weighted by Crippen LogP contribution is 2.21. The molecule has 0 N–H and O–H groups in total. The molecule has 0 aliphatic carbocycles. The van der Waals surface area contributed by atoms with Crippen molar-refractivity contribution < 1.29 is 0 Å². The molecule has 0 saturated carbocycles. The Hall–Kier alpha value is -1.82. The van der Waals surface area contributed by atoms with Crippen LogP contribution in [0.15, 0.2) is 54.6 Å². The quantitative estimate of drug-likeness (QED) is 0.645. The van der Waals surface area contributed by atoms with Crippen molar-refractivity contribution in [2.75, 3.05) is 0 Å². The minimum Gasteiger partial charge on any atom is -0.0622 e. The van der Waals surface area contributed by atoms with E-state index in [0.717, 1.165) is 6.42 Å². The molecule has 0 aliphatic rings. The smallest absolute Gasteiger partial charge is 0.0224 e. The Morgan fingerprint density at radius 3 is 2.18 bits per heavy atom. The van der Waals surface area contributed by atoms with Crippen LogP contribution in [0, 0.1) is 6.92 Å². The fraction of sp³-hybridized carbons (Fsp3) is 0.176. The van der Waals surface area contributed by atoms with Crippen LogP contribution in [0.2, 0.25) is 0 Å². The average Bonchev–Trinajstić information content (AvgIpc) is 2.39. The summed E-state index contributed by atoms with van der Waals surface area (Å²) < 4.78 is 0. The highest BCUT2D eigenvalue weighted by Gasteiger charge is 1.98. The zero-order chi connectivity index (χ0) is 12.1. The summed E-state index contributed by atoms with van der Waals surface area (Å²) in [6, 6.07) is 19.2. The maximum Gasteiger partial charge on any atom is -0.0224 e. The van der Waals surface area contributed by atoms with Gasteiger partial charge in [0.1, 0.15) is 0 Å². The van der Waals surface area contributed by atoms with E-state index in [4.69, 9.17) is 0 Å². The summed E-state index contributed by atoms with van der Waals surface area (Å²) >= 11 is 0. The van der Waals surface area contributed by atoms with Gasteiger partial charge in [-0.15, -0.1) is 0 Å². The van der Waals surface area contributed by atoms with E-state index in [1.807, 2.05) is 0 Å². The molecule has 2 aromatic carbocycles. The summed E-state index contributed by atoms with van der Waals surface area (Å²) in [4.78, 5) is 0. The van der Waals surface area contributed by atoms with Crippen molar-refractivity contribution in [3.05, 3.63) is 71.3 Å². The Balaban J connectivity index is 2.33. The number of allylic oxidation sites excluding steroid dienone is 1. The van der Waals surface area contributed by atoms with E-state index in [0.29, 0.717) is 0 Å². The predicted molar refractivity (Wildman–Crippen MR) is 75.8 cm³/mol. The van der Waals surface area contributed by atoms with Gasteiger partial charge in [-0.05, 0) is 30.0 Å². The maximum atomic E-state index is 2.27. The van der Waals surface area contributed by atoms with Gasteiger partial charge in [0.2, 0.25) is 0 Å². The van der Waals surface area contributed by atoms with Crippen LogP contribution in [0.3, 0.4) is 0 Å². The van der Waals surface area contributed by atoms with Crippen molar-refractivity contribution in [2.45, 2.75) is 20.3 Å². The maximum absolute atomic E-state index is 2.27. The van der Waals surface area contributed by atoms with Gasteiger partial charge in [-0.1, -0.05) is 73.2 Å². The molecule has 0 unspecified atom stereocenters. The summed E-state index contributed by atoms with van der Waals surface area (Å²) in [6.07, 6.45) is 3.33. The lowest BCUT2D eigenvalue weighted by Gasteiger charge is -2.05. The Morgan fingerprint density at radius 2 is 1.59 bits per heavy atom. The van der Waals surface area contributed by atoms with Crippen LogP contribution in [-0.2, 0) is 0 Å². The Labute approximate surface area is 104 Å². The first-order valence-electron chi connectivity index (χ1n) is 6.12. The first-order chi connectivity index (χ1) is 8.29. The summed E-state index contributed by atoms with van der Waals surface area (Å²) in [7, 11) is 0. The first-order valence-corrected chi connectivity index (χ1v) is 6.12. The second-order valence-electron chi connectivity index (χ2n) is 4.30. The molecule has 0 aromatic heterocycles. The van der Waals surface area contributed by atoms with Crippen LogP contribution in [0.5, 0.6) is 0 Å². The molecule has 0 radical (unpaired) electrons. The molecule has 0 heteroatoms. The molecule has 0 amide bonds. The van der Waals surface area contributed by atoms with Crippen LogP contribution in [0.4, 0.5) is 0 Å². The van der Waals surface area contributed by atoms with Gasteiger partial charge in [-0.2, -0.15) is 0 Å². The minimum atomic E-state index is 1.05. The lowest BCUT2D eigenvalue weighted by Crippen LogP contribution is -1.83. The zero-order valence-electron chi connectivity index (χ0n) is 10.5. The normalized spacial score (nSPS) is 11.5. The standard InChI is InChI=1S/C17H18/c1-3-16(17-7-5-4-6-8-17)13-15-11-9-14(2)10-12-15/h4-13H,3H2,1-2H3/b16-13+. The van der Waals surface area contributed by atoms with Gasteiger partial charge < -0.3 is 0 Å². The minimum absolute atomic E-state index is 1.05. The van der Waals surface area contributed by atoms with E-state index < -0.39 is 0 Å². The fourth-order valence-electron chi connectivity index (χ4n) is 1.91. The van der Waals surface area contributed by atoms with Crippen molar-refractivity contribution in [3.8, 4) is 0 Å². The van der Waals surface area contributed by atoms with E-state index in [-0.39, 0.29) is 0 Å². The molecular formula is C17H18. The predicted octanol–water partition coefficient (Wildman–Crippen LogP) is 4.95. The summed E-state index contributed by atoms with van der Waals surface area (Å²) in [5.74, 6) is 0. The second kappa shape index (κ2) is 5.49. The van der Waals surface area contributed by atoms with Gasteiger partial charge in [-0.25, -0.2) is 0 Å². The Morgan fingerprint density at radius 1 is 0.941 bits per heavy atom. The van der Waals surface area contributed by atoms with Gasteiger partial charge in [0.05, 0.1) is 0 Å². The number of aryl methyl sites for hydroxylation is 1. The van der Waals surface area contributed by atoms with E-state index >= 15 is 0 Å². The third kappa shape index (κ3) is 3.07. The van der Waals surface area contributed by atoms with Crippen molar-refractivity contribution in [2.24, 2.45) is 0 Å². The fourth-order valence-corrected chi connectivity index (χ4v) is 1.91. The topological polar surface area (TPSA) is 0 Å². The van der Waals surface area contributed by atoms with Gasteiger partial charge >= 0.3 is 0 Å². The second-order valence-corrected chi connectivity index (χ2v) is 4.30. The zero-order valence-corrected chi connectivity index (χ0v) is 10.5. The molecule has 0 saturated heterocycles. The van der Waals surface area contributed by atoms with E-state index in [1.165, 1.54) is 22.3 Å². The average molecular weight is 222 g/mol. The van der Waals surface area contributed by atoms with Crippen molar-refractivity contribution >= 4 is 11.6 Å². The highest BCUT2D eigenvalue weighted by atomic mass is 14.0. The van der Waals surface area contributed by atoms with Gasteiger partial charge in [0.25, 0.3) is 0 Å². The lowest BCUT2D eigenvalue weighted by molar-refractivity contribution is 1.25. The number of hydrogen-bond donors (Lipinski definition) is 0. The molecule has 2 rings (SSSR count). The molecule has 0 atom stereocenters. The van der Waals surface area contributed by atoms with Crippen LogP contribution < -0.4 is 0 Å². The molecule has 0 heterocycles.